The van der Waals surface area contributed by atoms with Crippen molar-refractivity contribution >= 4 is 15.8 Å². The molecule has 112 valence electrons. The molecule has 0 amide bonds. The van der Waals surface area contributed by atoms with Crippen molar-refractivity contribution in [2.24, 2.45) is 5.73 Å². The van der Waals surface area contributed by atoms with Crippen LogP contribution in [0.15, 0.2) is 0 Å². The molecule has 6 nitrogen and oxygen atoms in total. The summed E-state index contributed by atoms with van der Waals surface area (Å²) in [6, 6.07) is 0.0440. The van der Waals surface area contributed by atoms with Gasteiger partial charge in [-0.25, -0.2) is 8.42 Å². The minimum Gasteiger partial charge on any atom is -0.480 e. The zero-order valence-corrected chi connectivity index (χ0v) is 12.4. The lowest BCUT2D eigenvalue weighted by Gasteiger charge is -2.33. The van der Waals surface area contributed by atoms with Gasteiger partial charge < -0.3 is 10.8 Å². The van der Waals surface area contributed by atoms with Crippen LogP contribution in [0.1, 0.15) is 33.1 Å². The molecule has 0 radical (unpaired) electrons. The number of carboxylic acids is 1. The van der Waals surface area contributed by atoms with Gasteiger partial charge >= 0.3 is 5.97 Å². The molecule has 19 heavy (non-hydrogen) atoms. The first-order valence-electron chi connectivity index (χ1n) is 6.61. The Balaban J connectivity index is 2.29. The van der Waals surface area contributed by atoms with Crippen molar-refractivity contribution < 1.29 is 18.3 Å². The van der Waals surface area contributed by atoms with Crippen molar-refractivity contribution in [1.82, 2.24) is 4.90 Å². The van der Waals surface area contributed by atoms with Crippen molar-refractivity contribution in [3.63, 3.8) is 0 Å². The van der Waals surface area contributed by atoms with E-state index >= 15 is 0 Å². The van der Waals surface area contributed by atoms with E-state index in [1.165, 1.54) is 6.92 Å². The molecule has 0 aromatic rings. The predicted molar refractivity (Wildman–Crippen MR) is 73.8 cm³/mol. The van der Waals surface area contributed by atoms with Crippen LogP contribution in [0, 0.1) is 0 Å². The molecule has 1 aliphatic heterocycles. The zero-order chi connectivity index (χ0) is 14.7. The lowest BCUT2D eigenvalue weighted by atomic mass is 9.96. The maximum atomic E-state index is 11.4. The maximum Gasteiger partial charge on any atom is 0.323 e. The molecule has 1 heterocycles. The van der Waals surface area contributed by atoms with Gasteiger partial charge in [-0.15, -0.1) is 0 Å². The fourth-order valence-electron chi connectivity index (χ4n) is 2.28. The lowest BCUT2D eigenvalue weighted by molar-refractivity contribution is -0.142. The molecular formula is C12H24N2O4S. The van der Waals surface area contributed by atoms with Crippen LogP contribution in [0.3, 0.4) is 0 Å². The highest BCUT2D eigenvalue weighted by Gasteiger charge is 2.29. The van der Waals surface area contributed by atoms with Gasteiger partial charge in [-0.3, -0.25) is 9.69 Å². The molecule has 0 aromatic carbocycles. The Hall–Kier alpha value is -0.660. The number of unbranched alkanes of at least 4 members (excludes halogenated alkanes) is 1. The summed E-state index contributed by atoms with van der Waals surface area (Å²) in [6.45, 7) is 4.81. The van der Waals surface area contributed by atoms with Crippen LogP contribution in [0.4, 0.5) is 0 Å². The average Bonchev–Trinajstić information content (AvgIpc) is 2.25. The number of carbonyl (C=O) groups is 1. The Morgan fingerprint density at radius 3 is 2.63 bits per heavy atom. The minimum atomic E-state index is -2.87. The van der Waals surface area contributed by atoms with Crippen molar-refractivity contribution in [2.75, 3.05) is 24.6 Å². The van der Waals surface area contributed by atoms with E-state index in [2.05, 4.69) is 4.90 Å². The Bertz CT molecular complexity index is 419. The van der Waals surface area contributed by atoms with Gasteiger partial charge in [-0.1, -0.05) is 0 Å². The van der Waals surface area contributed by atoms with E-state index in [0.717, 1.165) is 19.4 Å². The standard InChI is InChI=1S/C12H24N2O4S/c1-10-9-19(17,18)8-7-14(10)6-4-3-5-12(2,13)11(15)16/h10H,3-9,13H2,1-2H3,(H,15,16). The molecule has 2 unspecified atom stereocenters. The van der Waals surface area contributed by atoms with Gasteiger partial charge in [-0.05, 0) is 39.7 Å². The number of rotatable bonds is 6. The number of nitrogens with two attached hydrogens (primary N) is 1. The number of nitrogens with zero attached hydrogens (tertiary/aromatic N) is 1. The Morgan fingerprint density at radius 1 is 1.47 bits per heavy atom. The first-order valence-corrected chi connectivity index (χ1v) is 8.43. The third kappa shape index (κ3) is 5.08. The van der Waals surface area contributed by atoms with Crippen LogP contribution >= 0.6 is 0 Å². The fourth-order valence-corrected chi connectivity index (χ4v) is 3.90. The summed E-state index contributed by atoms with van der Waals surface area (Å²) in [5, 5.41) is 8.89. The maximum absolute atomic E-state index is 11.4. The van der Waals surface area contributed by atoms with Gasteiger partial charge in [0.05, 0.1) is 11.5 Å². The molecule has 0 spiro atoms. The molecule has 0 bridgehead atoms. The Morgan fingerprint density at radius 2 is 2.11 bits per heavy atom. The molecule has 3 N–H and O–H groups in total. The molecule has 1 fully saturated rings. The van der Waals surface area contributed by atoms with Gasteiger partial charge in [0.25, 0.3) is 0 Å². The van der Waals surface area contributed by atoms with Crippen molar-refractivity contribution in [3.05, 3.63) is 0 Å². The number of carboxylic acid groups (broad SMARTS) is 1. The van der Waals surface area contributed by atoms with Crippen LogP contribution in [0.25, 0.3) is 0 Å². The van der Waals surface area contributed by atoms with E-state index in [1.807, 2.05) is 6.92 Å². The first kappa shape index (κ1) is 16.4. The number of hydrogen-bond acceptors (Lipinski definition) is 5. The van der Waals surface area contributed by atoms with Crippen LogP contribution in [-0.2, 0) is 14.6 Å². The number of hydrogen-bond donors (Lipinski definition) is 2. The summed E-state index contributed by atoms with van der Waals surface area (Å²) >= 11 is 0. The molecular weight excluding hydrogens is 268 g/mol. The van der Waals surface area contributed by atoms with Gasteiger partial charge in [0.15, 0.2) is 9.84 Å². The van der Waals surface area contributed by atoms with Crippen molar-refractivity contribution in [3.8, 4) is 0 Å². The van der Waals surface area contributed by atoms with E-state index in [1.54, 1.807) is 0 Å². The van der Waals surface area contributed by atoms with Crippen LogP contribution in [0.5, 0.6) is 0 Å². The second-order valence-electron chi connectivity index (χ2n) is 5.68. The highest BCUT2D eigenvalue weighted by atomic mass is 32.2. The first-order chi connectivity index (χ1) is 8.64. The fraction of sp³-hybridized carbons (Fsp3) is 0.917. The summed E-state index contributed by atoms with van der Waals surface area (Å²) in [7, 11) is -2.87. The van der Waals surface area contributed by atoms with E-state index in [0.29, 0.717) is 13.0 Å². The Labute approximate surface area is 114 Å². The van der Waals surface area contributed by atoms with E-state index < -0.39 is 21.3 Å². The van der Waals surface area contributed by atoms with Crippen molar-refractivity contribution in [1.29, 1.82) is 0 Å². The highest BCUT2D eigenvalue weighted by molar-refractivity contribution is 7.91. The quantitative estimate of drug-likeness (QED) is 0.672. The SMILES string of the molecule is CC1CS(=O)(=O)CCN1CCCCC(C)(N)C(=O)O. The van der Waals surface area contributed by atoms with Crippen LogP contribution in [-0.4, -0.2) is 60.6 Å². The molecule has 2 atom stereocenters. The number of sulfone groups is 1. The highest BCUT2D eigenvalue weighted by Crippen LogP contribution is 2.15. The summed E-state index contributed by atoms with van der Waals surface area (Å²) < 4.78 is 22.9. The summed E-state index contributed by atoms with van der Waals surface area (Å²) in [5.74, 6) is -0.539. The molecule has 0 saturated carbocycles. The normalized spacial score (nSPS) is 26.8. The zero-order valence-electron chi connectivity index (χ0n) is 11.6. The molecule has 1 aliphatic rings. The second kappa shape index (κ2) is 6.19. The number of aliphatic carboxylic acids is 1. The molecule has 0 aliphatic carbocycles. The smallest absolute Gasteiger partial charge is 0.323 e. The summed E-state index contributed by atoms with van der Waals surface area (Å²) in [6.07, 6.45) is 2.00. The second-order valence-corrected chi connectivity index (χ2v) is 7.91. The van der Waals surface area contributed by atoms with Crippen LogP contribution in [0.2, 0.25) is 0 Å². The van der Waals surface area contributed by atoms with Gasteiger partial charge in [0, 0.05) is 12.6 Å². The third-order valence-electron chi connectivity index (χ3n) is 3.69. The summed E-state index contributed by atoms with van der Waals surface area (Å²) in [4.78, 5) is 13.0. The van der Waals surface area contributed by atoms with E-state index in [-0.39, 0.29) is 17.5 Å². The van der Waals surface area contributed by atoms with Crippen LogP contribution < -0.4 is 5.73 Å². The Kier molecular flexibility index (Phi) is 5.34. The van der Waals surface area contributed by atoms with Gasteiger partial charge in [0.2, 0.25) is 0 Å². The minimum absolute atomic E-state index is 0.0440. The molecule has 1 saturated heterocycles. The lowest BCUT2D eigenvalue weighted by Crippen LogP contribution is -2.47. The van der Waals surface area contributed by atoms with E-state index in [4.69, 9.17) is 10.8 Å². The molecule has 1 rings (SSSR count). The van der Waals surface area contributed by atoms with E-state index in [9.17, 15) is 13.2 Å². The third-order valence-corrected chi connectivity index (χ3v) is 5.48. The predicted octanol–water partition coefficient (Wildman–Crippen LogP) is 0.0776. The average molecular weight is 292 g/mol. The van der Waals surface area contributed by atoms with Gasteiger partial charge in [0.1, 0.15) is 5.54 Å². The topological polar surface area (TPSA) is 101 Å². The van der Waals surface area contributed by atoms with Gasteiger partial charge in [-0.2, -0.15) is 0 Å². The largest absolute Gasteiger partial charge is 0.480 e. The summed E-state index contributed by atoms with van der Waals surface area (Å²) in [5.41, 5.74) is 4.48. The van der Waals surface area contributed by atoms with Crippen molar-refractivity contribution in [2.45, 2.75) is 44.7 Å². The molecule has 0 aromatic heterocycles. The molecule has 7 heteroatoms. The monoisotopic (exact) mass is 292 g/mol.